The largest absolute Gasteiger partial charge is 0.341 e. The summed E-state index contributed by atoms with van der Waals surface area (Å²) in [7, 11) is 0. The zero-order valence-electron chi connectivity index (χ0n) is 13.4. The summed E-state index contributed by atoms with van der Waals surface area (Å²) in [5.41, 5.74) is 0.884. The van der Waals surface area contributed by atoms with Crippen molar-refractivity contribution in [1.29, 1.82) is 0 Å². The molecule has 120 valence electrons. The number of piperidine rings is 1. The van der Waals surface area contributed by atoms with Gasteiger partial charge in [0.15, 0.2) is 0 Å². The summed E-state index contributed by atoms with van der Waals surface area (Å²) >= 11 is 0. The Morgan fingerprint density at radius 2 is 2.00 bits per heavy atom. The zero-order valence-corrected chi connectivity index (χ0v) is 13.4. The first-order valence-corrected chi connectivity index (χ1v) is 8.27. The van der Waals surface area contributed by atoms with Gasteiger partial charge in [0.05, 0.1) is 12.2 Å². The fourth-order valence-electron chi connectivity index (χ4n) is 3.47. The molecule has 0 N–H and O–H groups in total. The standard InChI is InChI=1S/C16H24N4O2/c1-3-13(16(22)18-8-5-4-6-9-18)20-14-11-12(2)17-19(14)10-7-15(20)21/h11,13H,3-10H2,1-2H3/t13-/m0/s1. The van der Waals surface area contributed by atoms with E-state index in [9.17, 15) is 9.59 Å². The van der Waals surface area contributed by atoms with Gasteiger partial charge in [-0.2, -0.15) is 5.10 Å². The quantitative estimate of drug-likeness (QED) is 0.854. The molecular formula is C16H24N4O2. The maximum atomic E-state index is 12.9. The highest BCUT2D eigenvalue weighted by atomic mass is 16.2. The molecule has 6 heteroatoms. The molecule has 0 aromatic carbocycles. The van der Waals surface area contributed by atoms with Crippen molar-refractivity contribution in [2.75, 3.05) is 18.0 Å². The summed E-state index contributed by atoms with van der Waals surface area (Å²) in [5, 5.41) is 4.42. The van der Waals surface area contributed by atoms with Gasteiger partial charge in [0.2, 0.25) is 11.8 Å². The van der Waals surface area contributed by atoms with Crippen LogP contribution in [-0.2, 0) is 16.1 Å². The normalized spacial score (nSPS) is 20.0. The van der Waals surface area contributed by atoms with Crippen LogP contribution in [0.4, 0.5) is 5.82 Å². The third-order valence-corrected chi connectivity index (χ3v) is 4.59. The molecule has 0 radical (unpaired) electrons. The maximum Gasteiger partial charge on any atom is 0.245 e. The van der Waals surface area contributed by atoms with Crippen LogP contribution in [0.25, 0.3) is 0 Å². The Labute approximate surface area is 131 Å². The molecule has 1 saturated heterocycles. The van der Waals surface area contributed by atoms with Crippen molar-refractivity contribution in [3.8, 4) is 0 Å². The number of aryl methyl sites for hydroxylation is 2. The molecule has 2 amide bonds. The zero-order chi connectivity index (χ0) is 15.7. The lowest BCUT2D eigenvalue weighted by atomic mass is 10.1. The van der Waals surface area contributed by atoms with Gasteiger partial charge < -0.3 is 4.90 Å². The molecule has 6 nitrogen and oxygen atoms in total. The summed E-state index contributed by atoms with van der Waals surface area (Å²) < 4.78 is 1.85. The number of carbonyl (C=O) groups excluding carboxylic acids is 2. The van der Waals surface area contributed by atoms with Crippen LogP contribution in [-0.4, -0.2) is 45.6 Å². The number of nitrogens with zero attached hydrogens (tertiary/aromatic N) is 4. The highest BCUT2D eigenvalue weighted by molar-refractivity contribution is 6.01. The van der Waals surface area contributed by atoms with Gasteiger partial charge in [-0.05, 0) is 32.6 Å². The summed E-state index contributed by atoms with van der Waals surface area (Å²) in [6.45, 7) is 6.13. The van der Waals surface area contributed by atoms with Gasteiger partial charge in [0.1, 0.15) is 11.9 Å². The molecule has 0 bridgehead atoms. The second-order valence-corrected chi connectivity index (χ2v) is 6.19. The Morgan fingerprint density at radius 3 is 2.68 bits per heavy atom. The minimum atomic E-state index is -0.402. The second kappa shape index (κ2) is 6.10. The van der Waals surface area contributed by atoms with E-state index in [0.717, 1.165) is 37.4 Å². The molecule has 1 aromatic heterocycles. The van der Waals surface area contributed by atoms with Crippen molar-refractivity contribution in [2.45, 2.75) is 58.5 Å². The van der Waals surface area contributed by atoms with E-state index in [-0.39, 0.29) is 11.8 Å². The molecule has 3 heterocycles. The number of amides is 2. The Hall–Kier alpha value is -1.85. The fraction of sp³-hybridized carbons (Fsp3) is 0.688. The Kier molecular flexibility index (Phi) is 4.18. The van der Waals surface area contributed by atoms with Crippen LogP contribution in [0.2, 0.25) is 0 Å². The topological polar surface area (TPSA) is 58.4 Å². The van der Waals surface area contributed by atoms with Gasteiger partial charge in [0.25, 0.3) is 0 Å². The van der Waals surface area contributed by atoms with Crippen molar-refractivity contribution in [1.82, 2.24) is 14.7 Å². The molecule has 0 saturated carbocycles. The number of likely N-dealkylation sites (tertiary alicyclic amines) is 1. The molecular weight excluding hydrogens is 280 g/mol. The molecule has 3 rings (SSSR count). The van der Waals surface area contributed by atoms with Gasteiger partial charge in [-0.25, -0.2) is 4.68 Å². The predicted octanol–water partition coefficient (Wildman–Crippen LogP) is 1.72. The van der Waals surface area contributed by atoms with Gasteiger partial charge in [-0.15, -0.1) is 0 Å². The van der Waals surface area contributed by atoms with Crippen molar-refractivity contribution >= 4 is 17.6 Å². The Balaban J connectivity index is 1.88. The van der Waals surface area contributed by atoms with Crippen LogP contribution in [0.3, 0.4) is 0 Å². The highest BCUT2D eigenvalue weighted by Gasteiger charge is 2.36. The van der Waals surface area contributed by atoms with Crippen molar-refractivity contribution in [2.24, 2.45) is 0 Å². The molecule has 1 fully saturated rings. The lowest BCUT2D eigenvalue weighted by molar-refractivity contribution is -0.135. The first-order valence-electron chi connectivity index (χ1n) is 8.27. The van der Waals surface area contributed by atoms with E-state index in [1.807, 2.05) is 29.5 Å². The van der Waals surface area contributed by atoms with E-state index in [2.05, 4.69) is 5.10 Å². The smallest absolute Gasteiger partial charge is 0.245 e. The third-order valence-electron chi connectivity index (χ3n) is 4.59. The number of hydrogen-bond acceptors (Lipinski definition) is 3. The van der Waals surface area contributed by atoms with Crippen LogP contribution in [0.15, 0.2) is 6.07 Å². The molecule has 1 atom stereocenters. The van der Waals surface area contributed by atoms with Crippen molar-refractivity contribution in [3.63, 3.8) is 0 Å². The van der Waals surface area contributed by atoms with Gasteiger partial charge in [-0.1, -0.05) is 6.92 Å². The number of anilines is 1. The Morgan fingerprint density at radius 1 is 1.27 bits per heavy atom. The SMILES string of the molecule is CC[C@@H](C(=O)N1CCCCC1)N1C(=O)CCn2nc(C)cc21. The van der Waals surface area contributed by atoms with E-state index in [4.69, 9.17) is 0 Å². The van der Waals surface area contributed by atoms with Crippen LogP contribution < -0.4 is 4.90 Å². The monoisotopic (exact) mass is 304 g/mol. The molecule has 22 heavy (non-hydrogen) atoms. The molecule has 2 aliphatic heterocycles. The minimum Gasteiger partial charge on any atom is -0.341 e. The van der Waals surface area contributed by atoms with Gasteiger partial charge >= 0.3 is 0 Å². The fourth-order valence-corrected chi connectivity index (χ4v) is 3.47. The minimum absolute atomic E-state index is 0.0320. The molecule has 0 aliphatic carbocycles. The summed E-state index contributed by atoms with van der Waals surface area (Å²) in [6.07, 6.45) is 4.36. The van der Waals surface area contributed by atoms with Crippen molar-refractivity contribution < 1.29 is 9.59 Å². The first kappa shape index (κ1) is 15.1. The average Bonchev–Trinajstić information content (AvgIpc) is 2.91. The van der Waals surface area contributed by atoms with Crippen LogP contribution in [0.1, 0.15) is 44.7 Å². The van der Waals surface area contributed by atoms with Gasteiger partial charge in [0, 0.05) is 25.6 Å². The molecule has 0 spiro atoms. The van der Waals surface area contributed by atoms with E-state index in [1.54, 1.807) is 4.90 Å². The summed E-state index contributed by atoms with van der Waals surface area (Å²) in [4.78, 5) is 29.0. The number of rotatable bonds is 3. The maximum absolute atomic E-state index is 12.9. The number of aromatic nitrogens is 2. The molecule has 2 aliphatic rings. The lowest BCUT2D eigenvalue weighted by Crippen LogP contribution is -2.54. The van der Waals surface area contributed by atoms with Crippen LogP contribution in [0, 0.1) is 6.92 Å². The average molecular weight is 304 g/mol. The summed E-state index contributed by atoms with van der Waals surface area (Å²) in [6, 6.07) is 1.50. The van der Waals surface area contributed by atoms with Crippen LogP contribution >= 0.6 is 0 Å². The second-order valence-electron chi connectivity index (χ2n) is 6.19. The predicted molar refractivity (Wildman–Crippen MR) is 83.6 cm³/mol. The highest BCUT2D eigenvalue weighted by Crippen LogP contribution is 2.27. The first-order chi connectivity index (χ1) is 10.6. The van der Waals surface area contributed by atoms with Crippen molar-refractivity contribution in [3.05, 3.63) is 11.8 Å². The van der Waals surface area contributed by atoms with Gasteiger partial charge in [-0.3, -0.25) is 14.5 Å². The van der Waals surface area contributed by atoms with E-state index in [1.165, 1.54) is 6.42 Å². The van der Waals surface area contributed by atoms with E-state index >= 15 is 0 Å². The Bertz CT molecular complexity index is 575. The lowest BCUT2D eigenvalue weighted by Gasteiger charge is -2.37. The number of fused-ring (bicyclic) bond motifs is 1. The summed E-state index contributed by atoms with van der Waals surface area (Å²) in [5.74, 6) is 0.887. The van der Waals surface area contributed by atoms with E-state index in [0.29, 0.717) is 19.4 Å². The number of hydrogen-bond donors (Lipinski definition) is 0. The third kappa shape index (κ3) is 2.62. The molecule has 0 unspecified atom stereocenters. The van der Waals surface area contributed by atoms with Crippen LogP contribution in [0.5, 0.6) is 0 Å². The molecule has 1 aromatic rings. The number of carbonyl (C=O) groups is 2. The van der Waals surface area contributed by atoms with E-state index < -0.39 is 6.04 Å².